The van der Waals surface area contributed by atoms with Gasteiger partial charge in [0.1, 0.15) is 0 Å². The Balaban J connectivity index is 2.21. The Labute approximate surface area is 155 Å². The highest BCUT2D eigenvalue weighted by Crippen LogP contribution is 2.29. The van der Waals surface area contributed by atoms with E-state index >= 15 is 0 Å². The smallest absolute Gasteiger partial charge is 0.305 e. The van der Waals surface area contributed by atoms with Gasteiger partial charge in [0.15, 0.2) is 0 Å². The number of benzene rings is 3. The van der Waals surface area contributed by atoms with Gasteiger partial charge in [0, 0.05) is 5.54 Å². The predicted octanol–water partition coefficient (Wildman–Crippen LogP) is 2.62. The summed E-state index contributed by atoms with van der Waals surface area (Å²) in [6.07, 6.45) is 0.132. The molecular formula is C22H22O3Si. The van der Waals surface area contributed by atoms with Crippen molar-refractivity contribution in [3.63, 3.8) is 0 Å². The van der Waals surface area contributed by atoms with Crippen molar-refractivity contribution in [3.05, 3.63) is 96.6 Å². The van der Waals surface area contributed by atoms with E-state index in [4.69, 9.17) is 4.74 Å². The molecule has 1 unspecified atom stereocenters. The van der Waals surface area contributed by atoms with E-state index in [1.165, 1.54) is 7.11 Å². The van der Waals surface area contributed by atoms with Crippen LogP contribution in [0.4, 0.5) is 0 Å². The summed E-state index contributed by atoms with van der Waals surface area (Å²) in [4.78, 5) is 24.3. The number of carbonyl (C=O) groups excluding carboxylic acids is 1. The number of rotatable bonds is 6. The van der Waals surface area contributed by atoms with Crippen molar-refractivity contribution in [2.75, 3.05) is 7.11 Å². The van der Waals surface area contributed by atoms with Crippen LogP contribution in [0.3, 0.4) is 0 Å². The molecule has 0 aliphatic carbocycles. The summed E-state index contributed by atoms with van der Waals surface area (Å²) in [5, 5.41) is 1.76. The molecule has 1 atom stereocenters. The molecule has 0 radical (unpaired) electrons. The Hall–Kier alpha value is -2.69. The van der Waals surface area contributed by atoms with Crippen LogP contribution in [-0.2, 0) is 9.53 Å². The third-order valence-electron chi connectivity index (χ3n) is 4.73. The van der Waals surface area contributed by atoms with Gasteiger partial charge >= 0.3 is 5.97 Å². The Morgan fingerprint density at radius 3 is 1.69 bits per heavy atom. The lowest BCUT2D eigenvalue weighted by atomic mass is 10.1. The van der Waals surface area contributed by atoms with E-state index in [1.807, 2.05) is 91.0 Å². The van der Waals surface area contributed by atoms with E-state index in [9.17, 15) is 9.59 Å². The maximum atomic E-state index is 12.2. The molecule has 0 aromatic heterocycles. The van der Waals surface area contributed by atoms with Crippen LogP contribution in [0.2, 0.25) is 0 Å². The molecule has 0 aliphatic rings. The number of hydrogen-bond donors (Lipinski definition) is 1. The zero-order chi connectivity index (χ0) is 18.4. The van der Waals surface area contributed by atoms with E-state index in [1.54, 1.807) is 0 Å². The molecule has 0 heterocycles. The number of hydrogen-bond acceptors (Lipinski definition) is 3. The second kappa shape index (κ2) is 8.12. The zero-order valence-corrected chi connectivity index (χ0v) is 15.7. The summed E-state index contributed by atoms with van der Waals surface area (Å²) in [5.41, 5.74) is 0.598. The molecule has 0 amide bonds. The number of ether oxygens (including phenoxy) is 1. The minimum atomic E-state index is -3.25. The molecule has 26 heavy (non-hydrogen) atoms. The third kappa shape index (κ3) is 3.61. The highest BCUT2D eigenvalue weighted by molar-refractivity contribution is 6.97. The van der Waals surface area contributed by atoms with Crippen LogP contribution >= 0.6 is 0 Å². The number of methoxy groups -OCH3 is 1. The maximum Gasteiger partial charge on any atom is 0.305 e. The molecule has 3 aromatic rings. The first-order valence-corrected chi connectivity index (χ1v) is 10.6. The van der Waals surface area contributed by atoms with Crippen LogP contribution in [-0.4, -0.2) is 26.2 Å². The van der Waals surface area contributed by atoms with Gasteiger partial charge in [-0.25, -0.2) is 0 Å². The fourth-order valence-electron chi connectivity index (χ4n) is 3.40. The summed E-state index contributed by atoms with van der Waals surface area (Å²) >= 11 is 0. The molecule has 0 fully saturated rings. The summed E-state index contributed by atoms with van der Waals surface area (Å²) in [6, 6.07) is 29.1. The molecule has 3 nitrogen and oxygen atoms in total. The highest BCUT2D eigenvalue weighted by Gasteiger charge is 2.45. The summed E-state index contributed by atoms with van der Waals surface area (Å²) in [6.45, 7) is 0. The van der Waals surface area contributed by atoms with Gasteiger partial charge in [-0.3, -0.25) is 4.79 Å². The molecule has 0 spiro atoms. The SMILES string of the molecule is COC(=O)CC(c1ccccc1)[Si](O)(c1ccccc1)c1ccccc1. The third-order valence-corrected chi connectivity index (χ3v) is 8.71. The largest absolute Gasteiger partial charge is 0.469 e. The Kier molecular flexibility index (Phi) is 5.66. The first-order valence-electron chi connectivity index (χ1n) is 8.61. The predicted molar refractivity (Wildman–Crippen MR) is 106 cm³/mol. The molecule has 3 aromatic carbocycles. The van der Waals surface area contributed by atoms with Gasteiger partial charge < -0.3 is 9.53 Å². The fraction of sp³-hybridized carbons (Fsp3) is 0.136. The van der Waals surface area contributed by atoms with Crippen molar-refractivity contribution < 1.29 is 14.3 Å². The van der Waals surface area contributed by atoms with Crippen LogP contribution in [0, 0.1) is 0 Å². The number of esters is 1. The van der Waals surface area contributed by atoms with Gasteiger partial charge in [-0.15, -0.1) is 0 Å². The average molecular weight is 363 g/mol. The summed E-state index contributed by atoms with van der Waals surface area (Å²) in [7, 11) is -1.87. The van der Waals surface area contributed by atoms with Crippen LogP contribution < -0.4 is 10.4 Å². The quantitative estimate of drug-likeness (QED) is 0.542. The standard InChI is InChI=1S/C22H22O3Si/c1-25-22(23)17-21(18-11-5-2-6-12-18)26(24,19-13-7-3-8-14-19)20-15-9-4-10-16-20/h2-16,21,24H,17H2,1H3. The van der Waals surface area contributed by atoms with Crippen molar-refractivity contribution in [2.24, 2.45) is 0 Å². The molecule has 4 heteroatoms. The Bertz CT molecular complexity index is 796. The Morgan fingerprint density at radius 2 is 1.27 bits per heavy atom. The number of carbonyl (C=O) groups is 1. The van der Waals surface area contributed by atoms with Crippen molar-refractivity contribution in [2.45, 2.75) is 12.0 Å². The van der Waals surface area contributed by atoms with E-state index < -0.39 is 8.32 Å². The van der Waals surface area contributed by atoms with Gasteiger partial charge in [0.05, 0.1) is 13.5 Å². The van der Waals surface area contributed by atoms with Crippen LogP contribution in [0.15, 0.2) is 91.0 Å². The molecule has 0 saturated carbocycles. The topological polar surface area (TPSA) is 46.5 Å². The molecule has 0 aliphatic heterocycles. The van der Waals surface area contributed by atoms with E-state index in [0.29, 0.717) is 0 Å². The van der Waals surface area contributed by atoms with Gasteiger partial charge in [-0.1, -0.05) is 91.0 Å². The van der Waals surface area contributed by atoms with Gasteiger partial charge in [-0.2, -0.15) is 0 Å². The maximum absolute atomic E-state index is 12.2. The Morgan fingerprint density at radius 1 is 0.846 bits per heavy atom. The van der Waals surface area contributed by atoms with E-state index in [0.717, 1.165) is 15.9 Å². The average Bonchev–Trinajstić information content (AvgIpc) is 2.73. The molecule has 1 N–H and O–H groups in total. The molecule has 0 bridgehead atoms. The van der Waals surface area contributed by atoms with Crippen LogP contribution in [0.5, 0.6) is 0 Å². The summed E-state index contributed by atoms with van der Waals surface area (Å²) < 4.78 is 4.94. The first kappa shape index (κ1) is 18.1. The van der Waals surface area contributed by atoms with Crippen LogP contribution in [0.25, 0.3) is 0 Å². The molecule has 132 valence electrons. The zero-order valence-electron chi connectivity index (χ0n) is 14.7. The van der Waals surface area contributed by atoms with Crippen molar-refractivity contribution >= 4 is 24.7 Å². The highest BCUT2D eigenvalue weighted by atomic mass is 28.4. The van der Waals surface area contributed by atoms with Gasteiger partial charge in [0.25, 0.3) is 8.32 Å². The first-order chi connectivity index (χ1) is 12.7. The second-order valence-electron chi connectivity index (χ2n) is 6.24. The molecule has 3 rings (SSSR count). The second-order valence-corrected chi connectivity index (χ2v) is 9.63. The summed E-state index contributed by atoms with van der Waals surface area (Å²) in [5.74, 6) is -0.323. The molecular weight excluding hydrogens is 340 g/mol. The van der Waals surface area contributed by atoms with E-state index in [-0.39, 0.29) is 17.9 Å². The van der Waals surface area contributed by atoms with Crippen molar-refractivity contribution in [1.82, 2.24) is 0 Å². The van der Waals surface area contributed by atoms with E-state index in [2.05, 4.69) is 0 Å². The van der Waals surface area contributed by atoms with Crippen molar-refractivity contribution in [1.29, 1.82) is 0 Å². The molecule has 0 saturated heterocycles. The normalized spacial score (nSPS) is 12.4. The lowest BCUT2D eigenvalue weighted by Gasteiger charge is -2.34. The minimum absolute atomic E-state index is 0.132. The van der Waals surface area contributed by atoms with Gasteiger partial charge in [-0.05, 0) is 15.9 Å². The van der Waals surface area contributed by atoms with Crippen LogP contribution in [0.1, 0.15) is 17.5 Å². The van der Waals surface area contributed by atoms with Gasteiger partial charge in [0.2, 0.25) is 0 Å². The van der Waals surface area contributed by atoms with Crippen molar-refractivity contribution in [3.8, 4) is 0 Å². The fourth-order valence-corrected chi connectivity index (χ4v) is 7.07. The monoisotopic (exact) mass is 362 g/mol. The lowest BCUT2D eigenvalue weighted by Crippen LogP contribution is -2.63. The lowest BCUT2D eigenvalue weighted by molar-refractivity contribution is -0.140. The minimum Gasteiger partial charge on any atom is -0.469 e.